The van der Waals surface area contributed by atoms with Crippen LogP contribution < -0.4 is 5.32 Å². The maximum atomic E-state index is 13.6. The van der Waals surface area contributed by atoms with E-state index in [1.54, 1.807) is 24.3 Å². The Morgan fingerprint density at radius 2 is 1.53 bits per heavy atom. The fraction of sp³-hybridized carbons (Fsp3) is 0.214. The molecule has 0 spiro atoms. The highest BCUT2D eigenvalue weighted by Crippen LogP contribution is 2.31. The first-order valence-electron chi connectivity index (χ1n) is 11.1. The van der Waals surface area contributed by atoms with Gasteiger partial charge in [-0.05, 0) is 48.6 Å². The van der Waals surface area contributed by atoms with Crippen LogP contribution in [0.5, 0.6) is 0 Å². The Labute approximate surface area is 200 Å². The lowest BCUT2D eigenvalue weighted by atomic mass is 9.89. The SMILES string of the molecule is C=C(C)c1ccc(C(Nc2ccc(C)nn2)/C(C(=O)c2ccc(C(C)C)cc2)=C(/O)C=O)cc1. The molecule has 3 aromatic rings. The minimum atomic E-state index is -0.848. The number of nitrogens with zero attached hydrogens (tertiary/aromatic N) is 2. The third kappa shape index (κ3) is 5.64. The van der Waals surface area contributed by atoms with Gasteiger partial charge in [0.25, 0.3) is 0 Å². The Morgan fingerprint density at radius 3 is 2.03 bits per heavy atom. The fourth-order valence-corrected chi connectivity index (χ4v) is 3.54. The average Bonchev–Trinajstić information content (AvgIpc) is 2.84. The van der Waals surface area contributed by atoms with Gasteiger partial charge >= 0.3 is 0 Å². The van der Waals surface area contributed by atoms with E-state index >= 15 is 0 Å². The number of benzene rings is 2. The van der Waals surface area contributed by atoms with Gasteiger partial charge in [0, 0.05) is 5.56 Å². The molecule has 1 aromatic heterocycles. The van der Waals surface area contributed by atoms with Gasteiger partial charge < -0.3 is 10.4 Å². The molecule has 0 bridgehead atoms. The van der Waals surface area contributed by atoms with Crippen molar-refractivity contribution in [1.82, 2.24) is 10.2 Å². The molecule has 0 saturated heterocycles. The van der Waals surface area contributed by atoms with Crippen molar-refractivity contribution in [2.75, 3.05) is 5.32 Å². The molecule has 0 saturated carbocycles. The molecule has 0 aliphatic heterocycles. The Balaban J connectivity index is 2.11. The van der Waals surface area contributed by atoms with Crippen LogP contribution in [0.25, 0.3) is 5.57 Å². The van der Waals surface area contributed by atoms with Crippen LogP contribution in [-0.4, -0.2) is 27.4 Å². The molecule has 0 amide bonds. The van der Waals surface area contributed by atoms with Crippen molar-refractivity contribution in [2.45, 2.75) is 39.7 Å². The summed E-state index contributed by atoms with van der Waals surface area (Å²) in [5.74, 6) is -0.386. The maximum Gasteiger partial charge on any atom is 0.195 e. The molecule has 6 nitrogen and oxygen atoms in total. The highest BCUT2D eigenvalue weighted by atomic mass is 16.3. The summed E-state index contributed by atoms with van der Waals surface area (Å²) in [7, 11) is 0. The van der Waals surface area contributed by atoms with Gasteiger partial charge in [-0.25, -0.2) is 0 Å². The van der Waals surface area contributed by atoms with Crippen molar-refractivity contribution >= 4 is 23.5 Å². The minimum absolute atomic E-state index is 0.0715. The molecule has 1 unspecified atom stereocenters. The molecule has 1 atom stereocenters. The summed E-state index contributed by atoms with van der Waals surface area (Å²) in [4.78, 5) is 25.3. The normalized spacial score (nSPS) is 12.6. The van der Waals surface area contributed by atoms with E-state index in [0.717, 1.165) is 22.4 Å². The Hall–Kier alpha value is -4.06. The van der Waals surface area contributed by atoms with Gasteiger partial charge in [-0.15, -0.1) is 5.10 Å². The zero-order valence-corrected chi connectivity index (χ0v) is 19.9. The Morgan fingerprint density at radius 1 is 0.941 bits per heavy atom. The first-order valence-corrected chi connectivity index (χ1v) is 11.1. The summed E-state index contributed by atoms with van der Waals surface area (Å²) in [5.41, 5.74) is 4.63. The molecule has 1 heterocycles. The zero-order chi connectivity index (χ0) is 24.8. The van der Waals surface area contributed by atoms with E-state index in [0.29, 0.717) is 22.9 Å². The minimum Gasteiger partial charge on any atom is -0.504 e. The number of allylic oxidation sites excluding steroid dienone is 2. The van der Waals surface area contributed by atoms with Crippen LogP contribution in [0.3, 0.4) is 0 Å². The molecule has 0 aliphatic rings. The number of hydrogen-bond donors (Lipinski definition) is 2. The maximum absolute atomic E-state index is 13.6. The van der Waals surface area contributed by atoms with Crippen LogP contribution in [0, 0.1) is 6.92 Å². The Bertz CT molecular complexity index is 1210. The molecular weight excluding hydrogens is 426 g/mol. The van der Waals surface area contributed by atoms with Crippen molar-refractivity contribution in [3.63, 3.8) is 0 Å². The topological polar surface area (TPSA) is 92.2 Å². The number of hydrogen-bond acceptors (Lipinski definition) is 6. The lowest BCUT2D eigenvalue weighted by Gasteiger charge is -2.23. The van der Waals surface area contributed by atoms with Gasteiger partial charge in [0.2, 0.25) is 0 Å². The zero-order valence-electron chi connectivity index (χ0n) is 19.9. The predicted molar refractivity (Wildman–Crippen MR) is 135 cm³/mol. The number of rotatable bonds is 9. The first kappa shape index (κ1) is 24.6. The largest absolute Gasteiger partial charge is 0.504 e. The summed E-state index contributed by atoms with van der Waals surface area (Å²) >= 11 is 0. The highest BCUT2D eigenvalue weighted by molar-refractivity contribution is 6.12. The van der Waals surface area contributed by atoms with Crippen molar-refractivity contribution < 1.29 is 14.7 Å². The van der Waals surface area contributed by atoms with Crippen LogP contribution >= 0.6 is 0 Å². The molecule has 2 N–H and O–H groups in total. The lowest BCUT2D eigenvalue weighted by molar-refractivity contribution is -0.107. The van der Waals surface area contributed by atoms with E-state index < -0.39 is 17.6 Å². The molecular formula is C28H29N3O3. The molecule has 0 aliphatic carbocycles. The number of aryl methyl sites for hydroxylation is 1. The summed E-state index contributed by atoms with van der Waals surface area (Å²) < 4.78 is 0. The van der Waals surface area contributed by atoms with E-state index in [-0.39, 0.29) is 11.9 Å². The van der Waals surface area contributed by atoms with Crippen LogP contribution in [0.1, 0.15) is 65.5 Å². The van der Waals surface area contributed by atoms with E-state index in [1.165, 1.54) is 0 Å². The van der Waals surface area contributed by atoms with E-state index in [2.05, 4.69) is 35.9 Å². The summed E-state index contributed by atoms with van der Waals surface area (Å²) in [6.07, 6.45) is 0.285. The molecule has 174 valence electrons. The average molecular weight is 456 g/mol. The predicted octanol–water partition coefficient (Wildman–Crippen LogP) is 5.99. The smallest absolute Gasteiger partial charge is 0.195 e. The second-order valence-electron chi connectivity index (χ2n) is 8.56. The molecule has 0 radical (unpaired) electrons. The number of aldehydes is 1. The third-order valence-electron chi connectivity index (χ3n) is 5.59. The number of nitrogens with one attached hydrogen (secondary N) is 1. The van der Waals surface area contributed by atoms with E-state index in [9.17, 15) is 14.7 Å². The molecule has 2 aromatic carbocycles. The number of aliphatic hydroxyl groups excluding tert-OH is 1. The van der Waals surface area contributed by atoms with Crippen LogP contribution in [0.2, 0.25) is 0 Å². The molecule has 34 heavy (non-hydrogen) atoms. The number of ketones is 1. The molecule has 6 heteroatoms. The monoisotopic (exact) mass is 455 g/mol. The molecule has 3 rings (SSSR count). The van der Waals surface area contributed by atoms with Gasteiger partial charge in [0.15, 0.2) is 17.8 Å². The van der Waals surface area contributed by atoms with Crippen LogP contribution in [0.4, 0.5) is 5.82 Å². The lowest BCUT2D eigenvalue weighted by Crippen LogP contribution is -2.22. The van der Waals surface area contributed by atoms with Gasteiger partial charge in [-0.2, -0.15) is 5.10 Å². The van der Waals surface area contributed by atoms with Crippen molar-refractivity contribution in [2.24, 2.45) is 0 Å². The van der Waals surface area contributed by atoms with Gasteiger partial charge in [0.1, 0.15) is 5.82 Å². The number of carbonyl (C=O) groups excluding carboxylic acids is 2. The summed E-state index contributed by atoms with van der Waals surface area (Å²) in [6.45, 7) is 11.8. The fourth-order valence-electron chi connectivity index (χ4n) is 3.54. The van der Waals surface area contributed by atoms with E-state index in [4.69, 9.17) is 0 Å². The van der Waals surface area contributed by atoms with Gasteiger partial charge in [0.05, 0.1) is 17.3 Å². The first-order chi connectivity index (χ1) is 16.2. The highest BCUT2D eigenvalue weighted by Gasteiger charge is 2.28. The quantitative estimate of drug-likeness (QED) is 0.178. The van der Waals surface area contributed by atoms with Crippen LogP contribution in [0.15, 0.2) is 78.6 Å². The number of Topliss-reactive ketones (excluding diaryl/α,β-unsaturated/α-hetero) is 1. The number of aliphatic hydroxyl groups is 1. The third-order valence-corrected chi connectivity index (χ3v) is 5.59. The second kappa shape index (κ2) is 10.7. The van der Waals surface area contributed by atoms with Crippen molar-refractivity contribution in [3.05, 3.63) is 107 Å². The molecule has 0 fully saturated rings. The van der Waals surface area contributed by atoms with Crippen molar-refractivity contribution in [3.8, 4) is 0 Å². The van der Waals surface area contributed by atoms with Gasteiger partial charge in [-0.3, -0.25) is 9.59 Å². The van der Waals surface area contributed by atoms with Crippen LogP contribution in [-0.2, 0) is 4.79 Å². The van der Waals surface area contributed by atoms with E-state index in [1.807, 2.05) is 50.2 Å². The van der Waals surface area contributed by atoms with Gasteiger partial charge in [-0.1, -0.05) is 74.5 Å². The standard InChI is InChI=1S/C28H29N3O3/c1-17(2)20-7-11-22(12-8-20)27(29-25-15-6-19(5)30-31-25)26(24(33)16-32)28(34)23-13-9-21(10-14-23)18(3)4/h6-16,18,27,33H,1H2,2-5H3,(H,29,31)/b26-24-. The Kier molecular flexibility index (Phi) is 7.74. The number of aromatic nitrogens is 2. The summed E-state index contributed by atoms with van der Waals surface area (Å²) in [5, 5.41) is 22.0. The summed E-state index contributed by atoms with van der Waals surface area (Å²) in [6, 6.07) is 17.3. The number of carbonyl (C=O) groups is 2. The second-order valence-corrected chi connectivity index (χ2v) is 8.56. The van der Waals surface area contributed by atoms with Crippen molar-refractivity contribution in [1.29, 1.82) is 0 Å². The number of anilines is 1.